The summed E-state index contributed by atoms with van der Waals surface area (Å²) in [6.45, 7) is 4.57. The number of carbonyl (C=O) groups is 1. The molecule has 0 bridgehead atoms. The van der Waals surface area contributed by atoms with Gasteiger partial charge >= 0.3 is 0 Å². The standard InChI is InChI=1S/C12H13N3O/c1-3-15-8-7-13-12(15)11(16)10-6-4-5-9(2)14-10/h4-8H,3H2,1-2H3. The molecule has 82 valence electrons. The molecule has 0 saturated carbocycles. The molecular weight excluding hydrogens is 202 g/mol. The van der Waals surface area contributed by atoms with Crippen molar-refractivity contribution in [2.24, 2.45) is 0 Å². The number of ketones is 1. The number of aromatic nitrogens is 3. The van der Waals surface area contributed by atoms with Crippen molar-refractivity contribution in [3.05, 3.63) is 47.8 Å². The topological polar surface area (TPSA) is 47.8 Å². The minimum Gasteiger partial charge on any atom is -0.328 e. The second-order valence-corrected chi connectivity index (χ2v) is 3.53. The van der Waals surface area contributed by atoms with Crippen molar-refractivity contribution in [1.29, 1.82) is 0 Å². The van der Waals surface area contributed by atoms with Crippen molar-refractivity contribution >= 4 is 5.78 Å². The molecule has 4 nitrogen and oxygen atoms in total. The van der Waals surface area contributed by atoms with Crippen LogP contribution in [0, 0.1) is 6.92 Å². The van der Waals surface area contributed by atoms with E-state index in [0.29, 0.717) is 11.5 Å². The van der Waals surface area contributed by atoms with Gasteiger partial charge in [-0.25, -0.2) is 9.97 Å². The van der Waals surface area contributed by atoms with Gasteiger partial charge in [0, 0.05) is 24.6 Å². The van der Waals surface area contributed by atoms with Gasteiger partial charge in [0.25, 0.3) is 0 Å². The Bertz CT molecular complexity index is 516. The molecule has 0 aromatic carbocycles. The molecule has 0 aliphatic rings. The Morgan fingerprint density at radius 3 is 2.94 bits per heavy atom. The Balaban J connectivity index is 2.39. The summed E-state index contributed by atoms with van der Waals surface area (Å²) in [6.07, 6.45) is 3.43. The van der Waals surface area contributed by atoms with E-state index in [2.05, 4.69) is 9.97 Å². The molecule has 2 heterocycles. The second-order valence-electron chi connectivity index (χ2n) is 3.53. The Morgan fingerprint density at radius 2 is 2.25 bits per heavy atom. The molecule has 16 heavy (non-hydrogen) atoms. The van der Waals surface area contributed by atoms with E-state index in [-0.39, 0.29) is 5.78 Å². The summed E-state index contributed by atoms with van der Waals surface area (Å²) >= 11 is 0. The summed E-state index contributed by atoms with van der Waals surface area (Å²) in [5, 5.41) is 0. The number of aryl methyl sites for hydroxylation is 2. The number of hydrogen-bond donors (Lipinski definition) is 0. The number of imidazole rings is 1. The summed E-state index contributed by atoms with van der Waals surface area (Å²) in [5.74, 6) is 0.316. The normalized spacial score (nSPS) is 10.4. The van der Waals surface area contributed by atoms with E-state index in [1.807, 2.05) is 30.5 Å². The van der Waals surface area contributed by atoms with E-state index < -0.39 is 0 Å². The van der Waals surface area contributed by atoms with Gasteiger partial charge in [-0.15, -0.1) is 0 Å². The first-order valence-electron chi connectivity index (χ1n) is 5.22. The molecule has 0 aliphatic heterocycles. The molecule has 0 saturated heterocycles. The molecule has 0 amide bonds. The van der Waals surface area contributed by atoms with Gasteiger partial charge in [0.15, 0.2) is 5.82 Å². The Kier molecular flexibility index (Phi) is 2.81. The van der Waals surface area contributed by atoms with E-state index in [4.69, 9.17) is 0 Å². The number of nitrogens with zero attached hydrogens (tertiary/aromatic N) is 3. The first-order chi connectivity index (χ1) is 7.72. The summed E-state index contributed by atoms with van der Waals surface area (Å²) < 4.78 is 1.81. The van der Waals surface area contributed by atoms with Crippen LogP contribution in [0.5, 0.6) is 0 Å². The Hall–Kier alpha value is -1.97. The fraction of sp³-hybridized carbons (Fsp3) is 0.250. The molecule has 0 spiro atoms. The average molecular weight is 215 g/mol. The molecule has 0 radical (unpaired) electrons. The lowest BCUT2D eigenvalue weighted by Gasteiger charge is -2.03. The minimum absolute atomic E-state index is 0.129. The maximum absolute atomic E-state index is 12.1. The van der Waals surface area contributed by atoms with Crippen LogP contribution >= 0.6 is 0 Å². The summed E-state index contributed by atoms with van der Waals surface area (Å²) in [5.41, 5.74) is 1.28. The van der Waals surface area contributed by atoms with Crippen molar-refractivity contribution in [3.8, 4) is 0 Å². The van der Waals surface area contributed by atoms with Crippen LogP contribution in [0.1, 0.15) is 28.9 Å². The molecule has 0 unspecified atom stereocenters. The van der Waals surface area contributed by atoms with Gasteiger partial charge in [0.05, 0.1) is 0 Å². The molecule has 2 aromatic rings. The molecule has 0 aliphatic carbocycles. The van der Waals surface area contributed by atoms with Gasteiger partial charge in [-0.05, 0) is 26.0 Å². The van der Waals surface area contributed by atoms with Crippen molar-refractivity contribution in [1.82, 2.24) is 14.5 Å². The molecular formula is C12H13N3O. The zero-order valence-electron chi connectivity index (χ0n) is 9.34. The lowest BCUT2D eigenvalue weighted by molar-refractivity contribution is 0.102. The minimum atomic E-state index is -0.129. The van der Waals surface area contributed by atoms with Crippen LogP contribution in [0.3, 0.4) is 0 Å². The third-order valence-corrected chi connectivity index (χ3v) is 2.38. The predicted octanol–water partition coefficient (Wildman–Crippen LogP) is 1.84. The summed E-state index contributed by atoms with van der Waals surface area (Å²) in [6, 6.07) is 5.40. The molecule has 2 aromatic heterocycles. The summed E-state index contributed by atoms with van der Waals surface area (Å²) in [4.78, 5) is 20.4. The van der Waals surface area contributed by atoms with Gasteiger partial charge in [-0.1, -0.05) is 6.07 Å². The Labute approximate surface area is 94.0 Å². The Morgan fingerprint density at radius 1 is 1.44 bits per heavy atom. The van der Waals surface area contributed by atoms with Crippen molar-refractivity contribution in [2.45, 2.75) is 20.4 Å². The van der Waals surface area contributed by atoms with Crippen molar-refractivity contribution in [2.75, 3.05) is 0 Å². The molecule has 0 fully saturated rings. The second kappa shape index (κ2) is 4.26. The van der Waals surface area contributed by atoms with E-state index in [1.165, 1.54) is 0 Å². The smallest absolute Gasteiger partial charge is 0.246 e. The lowest BCUT2D eigenvalue weighted by Crippen LogP contribution is -2.12. The number of carbonyl (C=O) groups excluding carboxylic acids is 1. The molecule has 0 N–H and O–H groups in total. The highest BCUT2D eigenvalue weighted by atomic mass is 16.1. The van der Waals surface area contributed by atoms with Crippen LogP contribution in [0.15, 0.2) is 30.6 Å². The predicted molar refractivity (Wildman–Crippen MR) is 60.3 cm³/mol. The van der Waals surface area contributed by atoms with Crippen LogP contribution in [0.4, 0.5) is 0 Å². The largest absolute Gasteiger partial charge is 0.328 e. The third kappa shape index (κ3) is 1.86. The first kappa shape index (κ1) is 10.5. The van der Waals surface area contributed by atoms with Crippen LogP contribution < -0.4 is 0 Å². The van der Waals surface area contributed by atoms with Gasteiger partial charge in [-0.3, -0.25) is 4.79 Å². The highest BCUT2D eigenvalue weighted by Crippen LogP contribution is 2.07. The SMILES string of the molecule is CCn1ccnc1C(=O)c1cccc(C)n1. The maximum Gasteiger partial charge on any atom is 0.246 e. The third-order valence-electron chi connectivity index (χ3n) is 2.38. The van der Waals surface area contributed by atoms with Crippen molar-refractivity contribution < 1.29 is 4.79 Å². The van der Waals surface area contributed by atoms with Gasteiger partial charge < -0.3 is 4.57 Å². The zero-order chi connectivity index (χ0) is 11.5. The highest BCUT2D eigenvalue weighted by molar-refractivity contribution is 6.05. The average Bonchev–Trinajstić information content (AvgIpc) is 2.76. The van der Waals surface area contributed by atoms with E-state index in [1.54, 1.807) is 18.5 Å². The van der Waals surface area contributed by atoms with E-state index in [0.717, 1.165) is 12.2 Å². The molecule has 2 rings (SSSR count). The first-order valence-corrected chi connectivity index (χ1v) is 5.22. The van der Waals surface area contributed by atoms with Gasteiger partial charge in [-0.2, -0.15) is 0 Å². The highest BCUT2D eigenvalue weighted by Gasteiger charge is 2.15. The van der Waals surface area contributed by atoms with E-state index >= 15 is 0 Å². The molecule has 0 atom stereocenters. The monoisotopic (exact) mass is 215 g/mol. The number of rotatable bonds is 3. The maximum atomic E-state index is 12.1. The quantitative estimate of drug-likeness (QED) is 0.734. The zero-order valence-corrected chi connectivity index (χ0v) is 9.34. The van der Waals surface area contributed by atoms with Gasteiger partial charge in [0.2, 0.25) is 5.78 Å². The van der Waals surface area contributed by atoms with Crippen LogP contribution in [0.25, 0.3) is 0 Å². The van der Waals surface area contributed by atoms with Crippen molar-refractivity contribution in [3.63, 3.8) is 0 Å². The van der Waals surface area contributed by atoms with Crippen LogP contribution in [-0.4, -0.2) is 20.3 Å². The fourth-order valence-corrected chi connectivity index (χ4v) is 1.56. The fourth-order valence-electron chi connectivity index (χ4n) is 1.56. The van der Waals surface area contributed by atoms with Crippen LogP contribution in [0.2, 0.25) is 0 Å². The van der Waals surface area contributed by atoms with Crippen LogP contribution in [-0.2, 0) is 6.54 Å². The summed E-state index contributed by atoms with van der Waals surface area (Å²) in [7, 11) is 0. The number of pyridine rings is 1. The lowest BCUT2D eigenvalue weighted by atomic mass is 10.2. The number of hydrogen-bond acceptors (Lipinski definition) is 3. The van der Waals surface area contributed by atoms with Gasteiger partial charge in [0.1, 0.15) is 5.69 Å². The molecule has 4 heteroatoms. The van der Waals surface area contributed by atoms with E-state index in [9.17, 15) is 4.79 Å².